The maximum atomic E-state index is 14.5. The Hall–Kier alpha value is -2.29. The molecule has 2 spiro atoms. The van der Waals surface area contributed by atoms with Crippen LogP contribution in [0.2, 0.25) is 0 Å². The van der Waals surface area contributed by atoms with Crippen LogP contribution in [0.3, 0.4) is 0 Å². The highest BCUT2D eigenvalue weighted by Crippen LogP contribution is 2.71. The Morgan fingerprint density at radius 2 is 1.82 bits per heavy atom. The molecule has 0 aromatic carbocycles. The van der Waals surface area contributed by atoms with Gasteiger partial charge in [-0.05, 0) is 80.3 Å². The van der Waals surface area contributed by atoms with Crippen molar-refractivity contribution in [2.75, 3.05) is 6.61 Å². The van der Waals surface area contributed by atoms with Crippen molar-refractivity contribution in [1.29, 1.82) is 0 Å². The highest BCUT2D eigenvalue weighted by atomic mass is 16.6. The van der Waals surface area contributed by atoms with Crippen LogP contribution in [0.25, 0.3) is 0 Å². The average Bonchev–Trinajstić information content (AvgIpc) is 3.26. The molecule has 0 aromatic heterocycles. The first kappa shape index (κ1) is 26.9. The fourth-order valence-electron chi connectivity index (χ4n) is 9.32. The fourth-order valence-corrected chi connectivity index (χ4v) is 9.32. The molecule has 6 rings (SSSR count). The highest BCUT2D eigenvalue weighted by Gasteiger charge is 2.76. The molecule has 8 heteroatoms. The zero-order valence-corrected chi connectivity index (χ0v) is 23.5. The van der Waals surface area contributed by atoms with Gasteiger partial charge in [0.05, 0.1) is 17.6 Å². The fraction of sp³-hybridized carbons (Fsp3) is 0.710. The molecule has 2 unspecified atom stereocenters. The average molecular weight is 541 g/mol. The van der Waals surface area contributed by atoms with Crippen molar-refractivity contribution in [3.05, 3.63) is 34.4 Å². The van der Waals surface area contributed by atoms with Gasteiger partial charge in [-0.3, -0.25) is 4.79 Å². The number of hydrogen-bond acceptors (Lipinski definition) is 8. The van der Waals surface area contributed by atoms with E-state index >= 15 is 0 Å². The van der Waals surface area contributed by atoms with Gasteiger partial charge < -0.3 is 24.8 Å². The molecule has 3 saturated carbocycles. The van der Waals surface area contributed by atoms with Crippen LogP contribution in [0.5, 0.6) is 0 Å². The summed E-state index contributed by atoms with van der Waals surface area (Å²) in [6, 6.07) is 0. The van der Waals surface area contributed by atoms with Crippen LogP contribution >= 0.6 is 0 Å². The first-order valence-electron chi connectivity index (χ1n) is 14.4. The molecule has 3 fully saturated rings. The number of Topliss-reactive ketones (excluding diaryl/α,β-unsaturated/α-hetero) is 1. The van der Waals surface area contributed by atoms with Crippen LogP contribution in [-0.2, 0) is 23.9 Å². The summed E-state index contributed by atoms with van der Waals surface area (Å²) in [7, 11) is 0. The number of fused-ring (bicyclic) bond motifs is 3. The third-order valence-corrected chi connectivity index (χ3v) is 11.4. The number of allylic oxidation sites excluding steroid dienone is 1. The lowest BCUT2D eigenvalue weighted by molar-refractivity contribution is -0.202. The van der Waals surface area contributed by atoms with Crippen LogP contribution < -0.4 is 0 Å². The number of carbonyl (C=O) groups is 3. The van der Waals surface area contributed by atoms with Gasteiger partial charge in [-0.1, -0.05) is 39.3 Å². The summed E-state index contributed by atoms with van der Waals surface area (Å²) in [6.45, 7) is 8.93. The molecular formula is C31H40O8. The van der Waals surface area contributed by atoms with Gasteiger partial charge in [-0.2, -0.15) is 0 Å². The van der Waals surface area contributed by atoms with Gasteiger partial charge in [0, 0.05) is 11.5 Å². The number of ketones is 1. The highest BCUT2D eigenvalue weighted by molar-refractivity contribution is 6.05. The van der Waals surface area contributed by atoms with Gasteiger partial charge in [-0.25, -0.2) is 9.59 Å². The van der Waals surface area contributed by atoms with Gasteiger partial charge in [0.1, 0.15) is 11.7 Å². The maximum Gasteiger partial charge on any atom is 0.339 e. The van der Waals surface area contributed by atoms with Gasteiger partial charge in [0.2, 0.25) is 0 Å². The number of aliphatic hydroxyl groups is 3. The van der Waals surface area contributed by atoms with Crippen molar-refractivity contribution >= 4 is 17.7 Å². The minimum absolute atomic E-state index is 0.0406. The summed E-state index contributed by atoms with van der Waals surface area (Å²) in [4.78, 5) is 41.0. The molecule has 0 saturated heterocycles. The van der Waals surface area contributed by atoms with Crippen molar-refractivity contribution in [3.63, 3.8) is 0 Å². The molecule has 212 valence electrons. The van der Waals surface area contributed by atoms with E-state index in [9.17, 15) is 29.7 Å². The van der Waals surface area contributed by atoms with Crippen LogP contribution in [0, 0.1) is 34.5 Å². The van der Waals surface area contributed by atoms with Crippen LogP contribution in [0.4, 0.5) is 0 Å². The Kier molecular flexibility index (Phi) is 5.77. The summed E-state index contributed by atoms with van der Waals surface area (Å²) in [5.74, 6) is -2.15. The second-order valence-corrected chi connectivity index (χ2v) is 13.6. The van der Waals surface area contributed by atoms with Gasteiger partial charge >= 0.3 is 11.9 Å². The van der Waals surface area contributed by atoms with E-state index in [0.717, 1.165) is 19.3 Å². The topological polar surface area (TPSA) is 130 Å². The Balaban J connectivity index is 1.44. The van der Waals surface area contributed by atoms with Gasteiger partial charge in [-0.15, -0.1) is 0 Å². The molecule has 5 aliphatic carbocycles. The van der Waals surface area contributed by atoms with Crippen molar-refractivity contribution in [2.45, 2.75) is 96.6 Å². The largest absolute Gasteiger partial charge is 0.451 e. The Labute approximate surface area is 229 Å². The van der Waals surface area contributed by atoms with E-state index < -0.39 is 53.3 Å². The number of ether oxygens (including phenoxy) is 2. The second kappa shape index (κ2) is 8.37. The van der Waals surface area contributed by atoms with Crippen molar-refractivity contribution < 1.29 is 39.2 Å². The summed E-state index contributed by atoms with van der Waals surface area (Å²) in [5, 5.41) is 34.7. The summed E-state index contributed by atoms with van der Waals surface area (Å²) in [6.07, 6.45) is 4.70. The molecule has 8 nitrogen and oxygen atoms in total. The monoisotopic (exact) mass is 540 g/mol. The third kappa shape index (κ3) is 3.19. The summed E-state index contributed by atoms with van der Waals surface area (Å²) in [5.41, 5.74) is -3.84. The zero-order chi connectivity index (χ0) is 28.3. The summed E-state index contributed by atoms with van der Waals surface area (Å²) < 4.78 is 11.8. The van der Waals surface area contributed by atoms with E-state index in [0.29, 0.717) is 24.8 Å². The number of aliphatic hydroxyl groups excluding tert-OH is 2. The van der Waals surface area contributed by atoms with Gasteiger partial charge in [0.25, 0.3) is 0 Å². The number of hydrogen-bond donors (Lipinski definition) is 3. The van der Waals surface area contributed by atoms with Crippen molar-refractivity contribution in [2.24, 2.45) is 34.5 Å². The lowest BCUT2D eigenvalue weighted by Gasteiger charge is -2.49. The molecule has 39 heavy (non-hydrogen) atoms. The molecule has 1 aliphatic heterocycles. The molecule has 3 N–H and O–H groups in total. The molecular weight excluding hydrogens is 500 g/mol. The SMILES string of the molecule is CC1=CC23C(=O)[C@@H](C=C(CO)[C@@H](O)[C@]2(O)[C@H]1OC(=O)C1=C(C)C(=O)OC12CCCCC2)[C@H]1[C@@H](CC3C)C1(C)C. The first-order chi connectivity index (χ1) is 18.3. The normalized spacial score (nSPS) is 43.6. The maximum absolute atomic E-state index is 14.5. The van der Waals surface area contributed by atoms with E-state index in [4.69, 9.17) is 9.47 Å². The minimum Gasteiger partial charge on any atom is -0.451 e. The Bertz CT molecular complexity index is 1250. The molecule has 8 atom stereocenters. The molecule has 6 aliphatic rings. The lowest BCUT2D eigenvalue weighted by Crippen LogP contribution is -2.66. The van der Waals surface area contributed by atoms with E-state index in [1.807, 2.05) is 6.92 Å². The molecule has 0 amide bonds. The van der Waals surface area contributed by atoms with E-state index in [2.05, 4.69) is 13.8 Å². The van der Waals surface area contributed by atoms with Crippen molar-refractivity contribution in [1.82, 2.24) is 0 Å². The smallest absolute Gasteiger partial charge is 0.339 e. The van der Waals surface area contributed by atoms with Gasteiger partial charge in [0.15, 0.2) is 17.5 Å². The summed E-state index contributed by atoms with van der Waals surface area (Å²) >= 11 is 0. The Morgan fingerprint density at radius 3 is 2.46 bits per heavy atom. The molecule has 0 aromatic rings. The minimum atomic E-state index is -2.22. The quantitative estimate of drug-likeness (QED) is 0.368. The molecule has 1 heterocycles. The van der Waals surface area contributed by atoms with Crippen molar-refractivity contribution in [3.8, 4) is 0 Å². The van der Waals surface area contributed by atoms with E-state index in [1.165, 1.54) is 0 Å². The third-order valence-electron chi connectivity index (χ3n) is 11.4. The zero-order valence-electron chi connectivity index (χ0n) is 23.5. The number of esters is 2. The number of rotatable bonds is 3. The van der Waals surface area contributed by atoms with Crippen LogP contribution in [0.1, 0.15) is 73.1 Å². The first-order valence-corrected chi connectivity index (χ1v) is 14.4. The predicted octanol–water partition coefficient (Wildman–Crippen LogP) is 2.94. The molecule has 0 radical (unpaired) electrons. The van der Waals surface area contributed by atoms with Crippen LogP contribution in [0.15, 0.2) is 34.4 Å². The lowest BCUT2D eigenvalue weighted by atomic mass is 9.59. The van der Waals surface area contributed by atoms with E-state index in [-0.39, 0.29) is 45.7 Å². The molecule has 2 bridgehead atoms. The standard InChI is InChI=1S/C31H40O8/c1-15-13-30-16(2)11-20-22(28(20,4)5)19(24(30)34)12-18(14-32)23(33)31(30,37)25(15)38-27(36)21-17(3)26(35)39-29(21)9-7-6-8-10-29/h12-13,16,19-20,22-23,25,32-33,37H,6-11,14H2,1-5H3/t16?,19-,20+,22-,23+,25-,30?,31-/m0/s1. The second-order valence-electron chi connectivity index (χ2n) is 13.6. The Morgan fingerprint density at radius 1 is 1.15 bits per heavy atom. The predicted molar refractivity (Wildman–Crippen MR) is 140 cm³/mol. The number of carbonyl (C=O) groups excluding carboxylic acids is 3. The van der Waals surface area contributed by atoms with E-state index in [1.54, 1.807) is 26.0 Å². The van der Waals surface area contributed by atoms with Crippen LogP contribution in [-0.4, -0.2) is 63.1 Å².